The fourth-order valence-electron chi connectivity index (χ4n) is 0.685. The molecule has 0 bridgehead atoms. The van der Waals surface area contributed by atoms with Gasteiger partial charge in [0.05, 0.1) is 5.02 Å². The highest BCUT2D eigenvalue weighted by molar-refractivity contribution is 7.98. The molecular formula is C7H6Cl2N3OS. The minimum Gasteiger partial charge on any atom is -0.276 e. The second kappa shape index (κ2) is 5.31. The summed E-state index contributed by atoms with van der Waals surface area (Å²) in [6.07, 6.45) is 0. The van der Waals surface area contributed by atoms with Crippen LogP contribution in [0, 0.1) is 0 Å². The van der Waals surface area contributed by atoms with Crippen molar-refractivity contribution in [1.29, 1.82) is 0 Å². The van der Waals surface area contributed by atoms with Crippen molar-refractivity contribution in [3.05, 3.63) is 28.2 Å². The molecule has 0 aliphatic rings. The molecule has 0 aromatic heterocycles. The van der Waals surface area contributed by atoms with E-state index in [1.807, 2.05) is 0 Å². The molecule has 3 N–H and O–H groups in total. The van der Waals surface area contributed by atoms with Gasteiger partial charge < -0.3 is 0 Å². The Morgan fingerprint density at radius 1 is 1.43 bits per heavy atom. The molecule has 0 aliphatic carbocycles. The lowest BCUT2D eigenvalue weighted by atomic mass is 10.4. The molecule has 2 amide bonds. The summed E-state index contributed by atoms with van der Waals surface area (Å²) in [5.74, 6) is 6.53. The normalized spacial score (nSPS) is 9.64. The van der Waals surface area contributed by atoms with Crippen molar-refractivity contribution in [1.82, 2.24) is 16.0 Å². The third kappa shape index (κ3) is 3.26. The van der Waals surface area contributed by atoms with Crippen molar-refractivity contribution in [2.45, 2.75) is 4.90 Å². The molecule has 0 unspecified atom stereocenters. The van der Waals surface area contributed by atoms with Crippen LogP contribution in [-0.4, -0.2) is 6.03 Å². The molecule has 0 spiro atoms. The van der Waals surface area contributed by atoms with E-state index in [2.05, 4.69) is 4.72 Å². The Balaban J connectivity index is 2.63. The number of halogens is 2. The third-order valence-electron chi connectivity index (χ3n) is 1.26. The van der Waals surface area contributed by atoms with Gasteiger partial charge in [0.1, 0.15) is 0 Å². The molecular weight excluding hydrogens is 245 g/mol. The molecule has 1 radical (unpaired) electrons. The Kier molecular flexibility index (Phi) is 4.34. The molecule has 1 rings (SSSR count). The predicted molar refractivity (Wildman–Crippen MR) is 57.1 cm³/mol. The van der Waals surface area contributed by atoms with Crippen LogP contribution in [0.1, 0.15) is 0 Å². The first-order valence-corrected chi connectivity index (χ1v) is 5.05. The van der Waals surface area contributed by atoms with Crippen LogP contribution < -0.4 is 16.0 Å². The lowest BCUT2D eigenvalue weighted by Gasteiger charge is -2.04. The van der Waals surface area contributed by atoms with Crippen molar-refractivity contribution in [2.75, 3.05) is 0 Å². The molecule has 0 aliphatic heterocycles. The highest BCUT2D eigenvalue weighted by atomic mass is 35.5. The van der Waals surface area contributed by atoms with E-state index in [4.69, 9.17) is 29.0 Å². The molecule has 0 heterocycles. The fraction of sp³-hybridized carbons (Fsp3) is 0. The van der Waals surface area contributed by atoms with Crippen molar-refractivity contribution in [3.63, 3.8) is 0 Å². The highest BCUT2D eigenvalue weighted by Crippen LogP contribution is 2.27. The van der Waals surface area contributed by atoms with E-state index < -0.39 is 6.03 Å². The molecule has 4 nitrogen and oxygen atoms in total. The van der Waals surface area contributed by atoms with Crippen LogP contribution >= 0.6 is 35.1 Å². The van der Waals surface area contributed by atoms with Crippen molar-refractivity contribution >= 4 is 41.2 Å². The Bertz CT molecular complexity index is 348. The van der Waals surface area contributed by atoms with E-state index in [1.54, 1.807) is 23.6 Å². The zero-order chi connectivity index (χ0) is 10.6. The molecule has 1 aromatic carbocycles. The fourth-order valence-corrected chi connectivity index (χ4v) is 1.76. The monoisotopic (exact) mass is 250 g/mol. The molecule has 7 heteroatoms. The van der Waals surface area contributed by atoms with Crippen LogP contribution in [0.5, 0.6) is 0 Å². The van der Waals surface area contributed by atoms with E-state index >= 15 is 0 Å². The summed E-state index contributed by atoms with van der Waals surface area (Å²) in [7, 11) is 0. The summed E-state index contributed by atoms with van der Waals surface area (Å²) in [5.41, 5.74) is 1.68. The van der Waals surface area contributed by atoms with Gasteiger partial charge >= 0.3 is 6.03 Å². The maximum Gasteiger partial charge on any atom is 0.340 e. The molecule has 0 atom stereocenters. The number of carbonyl (C=O) groups is 1. The van der Waals surface area contributed by atoms with Gasteiger partial charge in [-0.3, -0.25) is 10.1 Å². The molecule has 14 heavy (non-hydrogen) atoms. The topological polar surface area (TPSA) is 64.9 Å². The quantitative estimate of drug-likeness (QED) is 0.626. The Labute approximate surface area is 95.2 Å². The summed E-state index contributed by atoms with van der Waals surface area (Å²) in [6, 6.07) is 4.31. The van der Waals surface area contributed by atoms with Gasteiger partial charge in [-0.2, -0.15) is 5.84 Å². The van der Waals surface area contributed by atoms with Gasteiger partial charge in [-0.15, -0.1) is 0 Å². The number of urea groups is 1. The zero-order valence-electron chi connectivity index (χ0n) is 6.80. The number of nitrogens with one attached hydrogen (secondary N) is 3. The van der Waals surface area contributed by atoms with Gasteiger partial charge in [0, 0.05) is 9.92 Å². The Morgan fingerprint density at radius 3 is 2.71 bits per heavy atom. The van der Waals surface area contributed by atoms with Gasteiger partial charge in [-0.1, -0.05) is 23.2 Å². The first-order chi connectivity index (χ1) is 6.63. The van der Waals surface area contributed by atoms with Crippen LogP contribution in [0.2, 0.25) is 10.0 Å². The van der Waals surface area contributed by atoms with Crippen LogP contribution in [0.25, 0.3) is 0 Å². The first kappa shape index (κ1) is 11.5. The van der Waals surface area contributed by atoms with Crippen molar-refractivity contribution in [2.24, 2.45) is 0 Å². The molecule has 0 saturated carbocycles. The maximum absolute atomic E-state index is 10.7. The maximum atomic E-state index is 10.7. The Morgan fingerprint density at radius 2 is 2.14 bits per heavy atom. The zero-order valence-corrected chi connectivity index (χ0v) is 9.13. The minimum absolute atomic E-state index is 0.452. The van der Waals surface area contributed by atoms with Gasteiger partial charge in [0.15, 0.2) is 0 Å². The van der Waals surface area contributed by atoms with Crippen LogP contribution in [0.3, 0.4) is 0 Å². The number of hydrogen-bond donors (Lipinski definition) is 2. The van der Waals surface area contributed by atoms with Crippen LogP contribution in [0.4, 0.5) is 4.79 Å². The number of hydrogen-bond acceptors (Lipinski definition) is 2. The smallest absolute Gasteiger partial charge is 0.276 e. The van der Waals surface area contributed by atoms with Crippen LogP contribution in [-0.2, 0) is 0 Å². The summed E-state index contributed by atoms with van der Waals surface area (Å²) in [4.78, 5) is 11.3. The number of amides is 2. The van der Waals surface area contributed by atoms with Gasteiger partial charge in [-0.25, -0.2) is 4.79 Å². The largest absolute Gasteiger partial charge is 0.340 e. The van der Waals surface area contributed by atoms with E-state index in [0.717, 1.165) is 11.9 Å². The van der Waals surface area contributed by atoms with E-state index in [-0.39, 0.29) is 0 Å². The number of benzene rings is 1. The van der Waals surface area contributed by atoms with Crippen LogP contribution in [0.15, 0.2) is 23.1 Å². The minimum atomic E-state index is -0.610. The Hall–Kier alpha value is -0.620. The summed E-state index contributed by atoms with van der Waals surface area (Å²) in [5, 5.41) is 0.983. The van der Waals surface area contributed by atoms with E-state index in [0.29, 0.717) is 14.9 Å². The van der Waals surface area contributed by atoms with Gasteiger partial charge in [0.25, 0.3) is 0 Å². The molecule has 0 saturated heterocycles. The third-order valence-corrected chi connectivity index (χ3v) is 2.78. The SMILES string of the molecule is [NH]NC(=O)NSc1ccc(Cl)cc1Cl. The van der Waals surface area contributed by atoms with Crippen molar-refractivity contribution < 1.29 is 4.79 Å². The average Bonchev–Trinajstić information content (AvgIpc) is 2.16. The van der Waals surface area contributed by atoms with E-state index in [9.17, 15) is 4.79 Å². The standard InChI is InChI=1S/C7H6Cl2N3OS/c8-4-1-2-6(5(9)3-4)14-12-7(13)11-10/h1-3,10H,(H2,11,12,13). The second-order valence-corrected chi connectivity index (χ2v) is 3.92. The molecule has 1 aromatic rings. The average molecular weight is 251 g/mol. The predicted octanol–water partition coefficient (Wildman–Crippen LogP) is 2.50. The van der Waals surface area contributed by atoms with Crippen molar-refractivity contribution in [3.8, 4) is 0 Å². The molecule has 75 valence electrons. The van der Waals surface area contributed by atoms with Gasteiger partial charge in [-0.05, 0) is 30.1 Å². The van der Waals surface area contributed by atoms with Gasteiger partial charge in [0.2, 0.25) is 0 Å². The van der Waals surface area contributed by atoms with E-state index in [1.165, 1.54) is 0 Å². The lowest BCUT2D eigenvalue weighted by Crippen LogP contribution is -2.29. The summed E-state index contributed by atoms with van der Waals surface area (Å²) >= 11 is 12.5. The lowest BCUT2D eigenvalue weighted by molar-refractivity contribution is 0.246. The number of carbonyl (C=O) groups excluding carboxylic acids is 1. The highest BCUT2D eigenvalue weighted by Gasteiger charge is 2.03. The second-order valence-electron chi connectivity index (χ2n) is 2.23. The number of rotatable bonds is 2. The summed E-state index contributed by atoms with van der Waals surface area (Å²) < 4.78 is 2.36. The first-order valence-electron chi connectivity index (χ1n) is 3.48. The summed E-state index contributed by atoms with van der Waals surface area (Å²) in [6.45, 7) is 0. The molecule has 0 fully saturated rings.